The van der Waals surface area contributed by atoms with Gasteiger partial charge in [-0.05, 0) is 31.2 Å². The Morgan fingerprint density at radius 1 is 1.19 bits per heavy atom. The number of hydrogen-bond donors (Lipinski definition) is 2. The summed E-state index contributed by atoms with van der Waals surface area (Å²) in [5, 5.41) is 6.46. The molecule has 32 heavy (non-hydrogen) atoms. The molecular weight excluding hydrogens is 519 g/mol. The third kappa shape index (κ3) is 4.84. The summed E-state index contributed by atoms with van der Waals surface area (Å²) in [4.78, 5) is 31.7. The van der Waals surface area contributed by atoms with Crippen LogP contribution in [0.2, 0.25) is 0 Å². The lowest BCUT2D eigenvalue weighted by Crippen LogP contribution is -2.43. The highest BCUT2D eigenvalue weighted by Gasteiger charge is 2.58. The van der Waals surface area contributed by atoms with Crippen LogP contribution in [0.25, 0.3) is 0 Å². The zero-order valence-electron chi connectivity index (χ0n) is 18.3. The minimum absolute atomic E-state index is 0. The molecule has 7 nitrogen and oxygen atoms in total. The number of halogens is 1. The minimum Gasteiger partial charge on any atom is -0.489 e. The second-order valence-corrected chi connectivity index (χ2v) is 8.16. The maximum Gasteiger partial charge on any atom is 0.233 e. The van der Waals surface area contributed by atoms with Crippen LogP contribution in [0.15, 0.2) is 54.1 Å². The molecule has 1 aliphatic heterocycles. The van der Waals surface area contributed by atoms with Crippen molar-refractivity contribution < 1.29 is 14.3 Å². The van der Waals surface area contributed by atoms with Gasteiger partial charge in [-0.25, -0.2) is 4.99 Å². The lowest BCUT2D eigenvalue weighted by molar-refractivity contribution is -0.140. The standard InChI is InChI=1S/C24H30N4O3.HI/c1-3-13-31-19-8-6-5-7-18(19)15-27-24(25-4-2)26-11-12-28-22(29)20-16-9-10-17(14-16)21(20)23(28)30;/h3,5-10,16-17,20-21H,1,4,11-15H2,2H3,(H2,25,26,27);1H. The van der Waals surface area contributed by atoms with Gasteiger partial charge in [0.05, 0.1) is 18.4 Å². The third-order valence-electron chi connectivity index (χ3n) is 6.27. The monoisotopic (exact) mass is 550 g/mol. The molecule has 1 aromatic carbocycles. The zero-order chi connectivity index (χ0) is 21.8. The summed E-state index contributed by atoms with van der Waals surface area (Å²) in [6, 6.07) is 7.78. The fourth-order valence-electron chi connectivity index (χ4n) is 4.90. The van der Waals surface area contributed by atoms with Crippen molar-refractivity contribution in [2.75, 3.05) is 26.2 Å². The van der Waals surface area contributed by atoms with Gasteiger partial charge in [0.15, 0.2) is 5.96 Å². The van der Waals surface area contributed by atoms with E-state index < -0.39 is 0 Å². The van der Waals surface area contributed by atoms with Crippen LogP contribution in [0.3, 0.4) is 0 Å². The van der Waals surface area contributed by atoms with Gasteiger partial charge in [0.25, 0.3) is 0 Å². The molecular formula is C24H31IN4O3. The number of carbonyl (C=O) groups is 2. The number of carbonyl (C=O) groups excluding carboxylic acids is 2. The molecule has 2 fully saturated rings. The number of likely N-dealkylation sites (tertiary alicyclic amines) is 1. The summed E-state index contributed by atoms with van der Waals surface area (Å²) in [5.41, 5.74) is 0.974. The quantitative estimate of drug-likeness (QED) is 0.163. The van der Waals surface area contributed by atoms with E-state index in [1.807, 2.05) is 31.2 Å². The van der Waals surface area contributed by atoms with Crippen molar-refractivity contribution in [2.45, 2.75) is 19.9 Å². The Morgan fingerprint density at radius 3 is 2.53 bits per heavy atom. The fraction of sp³-hybridized carbons (Fsp3) is 0.458. The second-order valence-electron chi connectivity index (χ2n) is 8.16. The van der Waals surface area contributed by atoms with Gasteiger partial charge in [-0.2, -0.15) is 0 Å². The Hall–Kier alpha value is -2.36. The number of para-hydroxylation sites is 1. The lowest BCUT2D eigenvalue weighted by atomic mass is 9.85. The molecule has 2 bridgehead atoms. The summed E-state index contributed by atoms with van der Waals surface area (Å²) in [5.74, 6) is 1.60. The van der Waals surface area contributed by atoms with Crippen molar-refractivity contribution in [3.8, 4) is 5.75 Å². The highest BCUT2D eigenvalue weighted by molar-refractivity contribution is 14.0. The normalized spacial score (nSPS) is 25.5. The Kier molecular flexibility index (Phi) is 8.33. The van der Waals surface area contributed by atoms with E-state index in [0.717, 1.165) is 17.7 Å². The lowest BCUT2D eigenvalue weighted by Gasteiger charge is -2.18. The van der Waals surface area contributed by atoms with Gasteiger partial charge in [0.2, 0.25) is 11.8 Å². The van der Waals surface area contributed by atoms with Crippen LogP contribution in [-0.2, 0) is 16.1 Å². The molecule has 2 amide bonds. The number of fused-ring (bicyclic) bond motifs is 5. The van der Waals surface area contributed by atoms with Gasteiger partial charge in [-0.15, -0.1) is 24.0 Å². The highest BCUT2D eigenvalue weighted by Crippen LogP contribution is 2.52. The van der Waals surface area contributed by atoms with Crippen molar-refractivity contribution in [3.05, 3.63) is 54.6 Å². The van der Waals surface area contributed by atoms with Crippen molar-refractivity contribution >= 4 is 41.8 Å². The third-order valence-corrected chi connectivity index (χ3v) is 6.27. The number of guanidine groups is 1. The Bertz CT molecular complexity index is 886. The minimum atomic E-state index is -0.142. The molecule has 4 atom stereocenters. The number of allylic oxidation sites excluding steroid dienone is 2. The molecule has 1 saturated carbocycles. The Balaban J connectivity index is 0.00000289. The van der Waals surface area contributed by atoms with E-state index in [4.69, 9.17) is 4.74 Å². The summed E-state index contributed by atoms with van der Waals surface area (Å²) in [7, 11) is 0. The Morgan fingerprint density at radius 2 is 1.88 bits per heavy atom. The van der Waals surface area contributed by atoms with Gasteiger partial charge in [-0.1, -0.05) is 43.0 Å². The van der Waals surface area contributed by atoms with E-state index in [2.05, 4.69) is 34.4 Å². The number of hydrogen-bond acceptors (Lipinski definition) is 4. The van der Waals surface area contributed by atoms with Crippen molar-refractivity contribution in [1.29, 1.82) is 0 Å². The summed E-state index contributed by atoms with van der Waals surface area (Å²) < 4.78 is 5.69. The first-order valence-corrected chi connectivity index (χ1v) is 11.0. The predicted molar refractivity (Wildman–Crippen MR) is 135 cm³/mol. The summed E-state index contributed by atoms with van der Waals surface area (Å²) >= 11 is 0. The number of amides is 2. The first-order valence-electron chi connectivity index (χ1n) is 11.0. The highest BCUT2D eigenvalue weighted by atomic mass is 127. The molecule has 4 rings (SSSR count). The van der Waals surface area contributed by atoms with Gasteiger partial charge in [0.1, 0.15) is 12.4 Å². The molecule has 2 aliphatic carbocycles. The first kappa shape index (κ1) is 24.3. The van der Waals surface area contributed by atoms with E-state index in [1.165, 1.54) is 4.90 Å². The van der Waals surface area contributed by atoms with Gasteiger partial charge in [0, 0.05) is 25.2 Å². The number of rotatable bonds is 9. The number of imide groups is 1. The first-order chi connectivity index (χ1) is 15.1. The van der Waals surface area contributed by atoms with E-state index in [0.29, 0.717) is 38.7 Å². The average Bonchev–Trinajstić information content (AvgIpc) is 3.46. The smallest absolute Gasteiger partial charge is 0.233 e. The summed E-state index contributed by atoms with van der Waals surface area (Å²) in [6.45, 7) is 8.09. The molecule has 0 aromatic heterocycles. The second kappa shape index (κ2) is 11.0. The molecule has 1 saturated heterocycles. The van der Waals surface area contributed by atoms with Crippen LogP contribution in [0, 0.1) is 23.7 Å². The van der Waals surface area contributed by atoms with Crippen molar-refractivity contribution in [1.82, 2.24) is 15.5 Å². The van der Waals surface area contributed by atoms with Crippen LogP contribution in [0.5, 0.6) is 5.75 Å². The van der Waals surface area contributed by atoms with E-state index in [9.17, 15) is 9.59 Å². The maximum atomic E-state index is 12.8. The largest absolute Gasteiger partial charge is 0.489 e. The zero-order valence-corrected chi connectivity index (χ0v) is 20.7. The molecule has 3 aliphatic rings. The van der Waals surface area contributed by atoms with Crippen LogP contribution >= 0.6 is 24.0 Å². The van der Waals surface area contributed by atoms with Crippen molar-refractivity contribution in [3.63, 3.8) is 0 Å². The molecule has 172 valence electrons. The average molecular weight is 550 g/mol. The van der Waals surface area contributed by atoms with Crippen LogP contribution in [0.1, 0.15) is 18.9 Å². The molecule has 1 aromatic rings. The fourth-order valence-corrected chi connectivity index (χ4v) is 4.90. The number of nitrogens with zero attached hydrogens (tertiary/aromatic N) is 2. The molecule has 2 N–H and O–H groups in total. The van der Waals surface area contributed by atoms with E-state index >= 15 is 0 Å². The van der Waals surface area contributed by atoms with Crippen LogP contribution in [-0.4, -0.2) is 48.9 Å². The van der Waals surface area contributed by atoms with Gasteiger partial charge in [-0.3, -0.25) is 14.5 Å². The van der Waals surface area contributed by atoms with E-state index in [-0.39, 0.29) is 59.5 Å². The molecule has 1 heterocycles. The van der Waals surface area contributed by atoms with Crippen LogP contribution < -0.4 is 15.4 Å². The van der Waals surface area contributed by atoms with Crippen molar-refractivity contribution in [2.24, 2.45) is 28.7 Å². The van der Waals surface area contributed by atoms with Gasteiger partial charge >= 0.3 is 0 Å². The predicted octanol–water partition coefficient (Wildman–Crippen LogP) is 2.73. The molecule has 4 unspecified atom stereocenters. The molecule has 8 heteroatoms. The van der Waals surface area contributed by atoms with Gasteiger partial charge < -0.3 is 15.4 Å². The summed E-state index contributed by atoms with van der Waals surface area (Å²) in [6.07, 6.45) is 6.90. The number of benzene rings is 1. The number of nitrogens with one attached hydrogen (secondary N) is 2. The maximum absolute atomic E-state index is 12.8. The SMILES string of the molecule is C=CCOc1ccccc1CN=C(NCC)NCCN1C(=O)C2C3C=CC(C3)C2C1=O.I. The molecule has 0 spiro atoms. The number of ether oxygens (including phenoxy) is 1. The van der Waals surface area contributed by atoms with E-state index in [1.54, 1.807) is 6.08 Å². The topological polar surface area (TPSA) is 83.0 Å². The van der Waals surface area contributed by atoms with Crippen LogP contribution in [0.4, 0.5) is 0 Å². The number of aliphatic imine (C=N–C) groups is 1. The molecule has 0 radical (unpaired) electrons. The Labute approximate surface area is 206 Å².